The maximum absolute atomic E-state index is 11.8. The van der Waals surface area contributed by atoms with E-state index < -0.39 is 0 Å². The lowest BCUT2D eigenvalue weighted by atomic mass is 9.94. The summed E-state index contributed by atoms with van der Waals surface area (Å²) in [7, 11) is 0. The second-order valence-electron chi connectivity index (χ2n) is 7.95. The van der Waals surface area contributed by atoms with Crippen molar-refractivity contribution in [1.82, 2.24) is 0 Å². The van der Waals surface area contributed by atoms with Gasteiger partial charge in [-0.3, -0.25) is 9.59 Å². The Hall–Kier alpha value is -1.58. The molecule has 0 heterocycles. The summed E-state index contributed by atoms with van der Waals surface area (Å²) < 4.78 is 10.7. The molecule has 0 N–H and O–H groups in total. The third-order valence-electron chi connectivity index (χ3n) is 6.28. The minimum Gasteiger partial charge on any atom is -0.465 e. The van der Waals surface area contributed by atoms with Crippen molar-refractivity contribution in [2.24, 2.45) is 35.5 Å². The van der Waals surface area contributed by atoms with E-state index in [-0.39, 0.29) is 24.8 Å². The van der Waals surface area contributed by atoms with Crippen molar-refractivity contribution in [2.75, 3.05) is 13.2 Å². The molecule has 4 aliphatic rings. The first-order valence-electron chi connectivity index (χ1n) is 9.35. The van der Waals surface area contributed by atoms with Gasteiger partial charge in [0.2, 0.25) is 0 Å². The van der Waals surface area contributed by atoms with E-state index in [0.29, 0.717) is 48.7 Å². The average Bonchev–Trinajstić information content (AvgIpc) is 3.36. The van der Waals surface area contributed by atoms with Gasteiger partial charge in [-0.2, -0.15) is 0 Å². The van der Waals surface area contributed by atoms with E-state index in [9.17, 15) is 9.59 Å². The Kier molecular flexibility index (Phi) is 4.47. The highest BCUT2D eigenvalue weighted by Gasteiger charge is 2.37. The number of hydrogen-bond donors (Lipinski definition) is 0. The molecule has 2 saturated carbocycles. The van der Waals surface area contributed by atoms with Crippen molar-refractivity contribution in [3.63, 3.8) is 0 Å². The summed E-state index contributed by atoms with van der Waals surface area (Å²) in [5.74, 6) is 2.95. The van der Waals surface area contributed by atoms with E-state index >= 15 is 0 Å². The fourth-order valence-corrected chi connectivity index (χ4v) is 4.92. The molecule has 24 heavy (non-hydrogen) atoms. The number of fused-ring (bicyclic) bond motifs is 4. The Bertz CT molecular complexity index is 514. The fourth-order valence-electron chi connectivity index (χ4n) is 4.92. The van der Waals surface area contributed by atoms with E-state index in [4.69, 9.17) is 9.47 Å². The second kappa shape index (κ2) is 6.73. The van der Waals surface area contributed by atoms with E-state index in [1.54, 1.807) is 0 Å². The van der Waals surface area contributed by atoms with Crippen LogP contribution in [0.1, 0.15) is 38.5 Å². The summed E-state index contributed by atoms with van der Waals surface area (Å²) in [5.41, 5.74) is 0. The third kappa shape index (κ3) is 3.42. The molecule has 0 aromatic heterocycles. The number of esters is 2. The minimum absolute atomic E-state index is 0.131. The first-order chi connectivity index (χ1) is 11.7. The molecule has 6 atom stereocenters. The molecule has 0 aromatic carbocycles. The summed E-state index contributed by atoms with van der Waals surface area (Å²) in [6.45, 7) is 0.994. The molecule has 0 amide bonds. The second-order valence-corrected chi connectivity index (χ2v) is 7.95. The summed E-state index contributed by atoms with van der Waals surface area (Å²) in [4.78, 5) is 23.6. The van der Waals surface area contributed by atoms with Crippen molar-refractivity contribution in [2.45, 2.75) is 38.5 Å². The van der Waals surface area contributed by atoms with Gasteiger partial charge < -0.3 is 9.47 Å². The molecule has 2 fully saturated rings. The number of allylic oxidation sites excluding steroid dienone is 4. The minimum atomic E-state index is -0.276. The molecule has 0 aliphatic heterocycles. The Balaban J connectivity index is 1.09. The van der Waals surface area contributed by atoms with Crippen LogP contribution in [0.2, 0.25) is 0 Å². The lowest BCUT2D eigenvalue weighted by molar-refractivity contribution is -0.152. The van der Waals surface area contributed by atoms with Crippen molar-refractivity contribution in [3.8, 4) is 0 Å². The molecule has 4 bridgehead atoms. The topological polar surface area (TPSA) is 52.6 Å². The van der Waals surface area contributed by atoms with E-state index in [1.807, 2.05) is 0 Å². The molecule has 0 aromatic rings. The zero-order chi connectivity index (χ0) is 16.5. The quantitative estimate of drug-likeness (QED) is 0.531. The van der Waals surface area contributed by atoms with Crippen LogP contribution in [0.5, 0.6) is 0 Å². The first-order valence-corrected chi connectivity index (χ1v) is 9.35. The van der Waals surface area contributed by atoms with Gasteiger partial charge in [-0.1, -0.05) is 24.3 Å². The van der Waals surface area contributed by atoms with Gasteiger partial charge in [-0.05, 0) is 61.2 Å². The SMILES string of the molecule is O=C(CCC(=O)OCC1CC2C=CC1C2)OCC1CC2C=CC1C2. The van der Waals surface area contributed by atoms with Crippen LogP contribution in [0, 0.1) is 35.5 Å². The molecule has 6 unspecified atom stereocenters. The van der Waals surface area contributed by atoms with Gasteiger partial charge in [0.1, 0.15) is 0 Å². The first kappa shape index (κ1) is 15.9. The van der Waals surface area contributed by atoms with Crippen LogP contribution in [0.4, 0.5) is 0 Å². The molecule has 4 heteroatoms. The van der Waals surface area contributed by atoms with Crippen LogP contribution in [0.3, 0.4) is 0 Å². The van der Waals surface area contributed by atoms with Crippen LogP contribution >= 0.6 is 0 Å². The van der Waals surface area contributed by atoms with Crippen LogP contribution < -0.4 is 0 Å². The molecular weight excluding hydrogens is 304 g/mol. The van der Waals surface area contributed by atoms with Gasteiger partial charge in [0.15, 0.2) is 0 Å². The lowest BCUT2D eigenvalue weighted by Crippen LogP contribution is -2.20. The van der Waals surface area contributed by atoms with Gasteiger partial charge in [0, 0.05) is 0 Å². The highest BCUT2D eigenvalue weighted by Crippen LogP contribution is 2.44. The number of ether oxygens (including phenoxy) is 2. The van der Waals surface area contributed by atoms with E-state index in [0.717, 1.165) is 12.8 Å². The maximum Gasteiger partial charge on any atom is 0.306 e. The fraction of sp³-hybridized carbons (Fsp3) is 0.700. The van der Waals surface area contributed by atoms with Crippen LogP contribution in [0.25, 0.3) is 0 Å². The zero-order valence-corrected chi connectivity index (χ0v) is 14.1. The van der Waals surface area contributed by atoms with Gasteiger partial charge >= 0.3 is 11.9 Å². The van der Waals surface area contributed by atoms with E-state index in [2.05, 4.69) is 24.3 Å². The average molecular weight is 330 g/mol. The summed E-state index contributed by atoms with van der Waals surface area (Å²) in [6, 6.07) is 0. The lowest BCUT2D eigenvalue weighted by Gasteiger charge is -2.18. The summed E-state index contributed by atoms with van der Waals surface area (Å²) >= 11 is 0. The van der Waals surface area contributed by atoms with Gasteiger partial charge in [-0.15, -0.1) is 0 Å². The largest absolute Gasteiger partial charge is 0.465 e. The molecule has 4 nitrogen and oxygen atoms in total. The van der Waals surface area contributed by atoms with E-state index in [1.165, 1.54) is 12.8 Å². The van der Waals surface area contributed by atoms with Crippen LogP contribution in [-0.2, 0) is 19.1 Å². The van der Waals surface area contributed by atoms with Gasteiger partial charge in [0.25, 0.3) is 0 Å². The Morgan fingerprint density at radius 2 is 1.17 bits per heavy atom. The number of carbonyl (C=O) groups excluding carboxylic acids is 2. The van der Waals surface area contributed by atoms with Gasteiger partial charge in [0.05, 0.1) is 26.1 Å². The standard InChI is InChI=1S/C20H26O4/c21-19(23-11-17-9-13-1-3-15(17)7-13)5-6-20(22)24-12-18-10-14-2-4-16(18)8-14/h1-4,13-18H,5-12H2. The molecule has 0 saturated heterocycles. The zero-order valence-electron chi connectivity index (χ0n) is 14.1. The molecule has 0 radical (unpaired) electrons. The molecule has 130 valence electrons. The van der Waals surface area contributed by atoms with Crippen LogP contribution in [-0.4, -0.2) is 25.2 Å². The normalized spacial score (nSPS) is 38.0. The van der Waals surface area contributed by atoms with Crippen molar-refractivity contribution < 1.29 is 19.1 Å². The highest BCUT2D eigenvalue weighted by atomic mass is 16.5. The Labute approximate surface area is 143 Å². The van der Waals surface area contributed by atoms with Crippen molar-refractivity contribution >= 4 is 11.9 Å². The summed E-state index contributed by atoms with van der Waals surface area (Å²) in [6.07, 6.45) is 14.0. The summed E-state index contributed by atoms with van der Waals surface area (Å²) in [5, 5.41) is 0. The Morgan fingerprint density at radius 3 is 1.50 bits per heavy atom. The number of hydrogen-bond acceptors (Lipinski definition) is 4. The molecule has 0 spiro atoms. The maximum atomic E-state index is 11.8. The molecule has 4 aliphatic carbocycles. The highest BCUT2D eigenvalue weighted by molar-refractivity contribution is 5.77. The predicted octanol–water partition coefficient (Wildman–Crippen LogP) is 3.28. The monoisotopic (exact) mass is 330 g/mol. The molecular formula is C20H26O4. The van der Waals surface area contributed by atoms with Crippen molar-refractivity contribution in [1.29, 1.82) is 0 Å². The van der Waals surface area contributed by atoms with Gasteiger partial charge in [-0.25, -0.2) is 0 Å². The van der Waals surface area contributed by atoms with Crippen LogP contribution in [0.15, 0.2) is 24.3 Å². The number of carbonyl (C=O) groups is 2. The predicted molar refractivity (Wildman–Crippen MR) is 88.8 cm³/mol. The van der Waals surface area contributed by atoms with Crippen molar-refractivity contribution in [3.05, 3.63) is 24.3 Å². The Morgan fingerprint density at radius 1 is 0.708 bits per heavy atom. The third-order valence-corrected chi connectivity index (χ3v) is 6.28. The number of rotatable bonds is 7. The molecule has 4 rings (SSSR count). The smallest absolute Gasteiger partial charge is 0.306 e.